The summed E-state index contributed by atoms with van der Waals surface area (Å²) in [7, 11) is 0. The third kappa shape index (κ3) is 3.02. The van der Waals surface area contributed by atoms with Crippen molar-refractivity contribution >= 4 is 39.4 Å². The zero-order valence-corrected chi connectivity index (χ0v) is 15.3. The monoisotopic (exact) mass is 371 g/mol. The number of nitrogens with zero attached hydrogens (tertiary/aromatic N) is 3. The topological polar surface area (TPSA) is 47.3 Å². The maximum Gasteiger partial charge on any atom is 0.258 e. The molecule has 0 spiro atoms. The quantitative estimate of drug-likeness (QED) is 0.496. The minimum atomic E-state index is -0.0153. The predicted octanol–water partition coefficient (Wildman–Crippen LogP) is 4.48. The van der Waals surface area contributed by atoms with E-state index in [0.29, 0.717) is 5.75 Å². The average Bonchev–Trinajstić information content (AvgIpc) is 3.21. The Labute approximate surface area is 150 Å². The summed E-state index contributed by atoms with van der Waals surface area (Å²) in [5, 5.41) is 4.01. The average molecular weight is 372 g/mol. The van der Waals surface area contributed by atoms with E-state index in [2.05, 4.69) is 27.5 Å². The molecule has 0 aliphatic rings. The van der Waals surface area contributed by atoms with Gasteiger partial charge >= 0.3 is 0 Å². The molecule has 0 N–H and O–H groups in total. The summed E-state index contributed by atoms with van der Waals surface area (Å²) in [5.41, 5.74) is 3.81. The van der Waals surface area contributed by atoms with E-state index in [1.54, 1.807) is 33.6 Å². The molecule has 0 aliphatic heterocycles. The molecule has 0 aliphatic carbocycles. The first-order valence-corrected chi connectivity index (χ1v) is 10.1. The summed E-state index contributed by atoms with van der Waals surface area (Å²) < 4.78 is 2.63. The number of benzene rings is 1. The van der Waals surface area contributed by atoms with Gasteiger partial charge in [0.1, 0.15) is 0 Å². The minimum absolute atomic E-state index is 0.0153. The van der Waals surface area contributed by atoms with Gasteiger partial charge < -0.3 is 0 Å². The number of hydrogen-bond acceptors (Lipinski definition) is 6. The Bertz CT molecular complexity index is 1050. The zero-order valence-electron chi connectivity index (χ0n) is 12.8. The van der Waals surface area contributed by atoms with Crippen LogP contribution in [0.5, 0.6) is 0 Å². The van der Waals surface area contributed by atoms with Crippen LogP contribution in [0.25, 0.3) is 16.2 Å². The van der Waals surface area contributed by atoms with Crippen molar-refractivity contribution in [3.8, 4) is 11.3 Å². The van der Waals surface area contributed by atoms with Crippen LogP contribution >= 0.6 is 34.4 Å². The molecular formula is C17H13N3OS3. The van der Waals surface area contributed by atoms with Crippen molar-refractivity contribution in [3.63, 3.8) is 0 Å². The summed E-state index contributed by atoms with van der Waals surface area (Å²) in [6.45, 7) is 1.92. The van der Waals surface area contributed by atoms with Crippen LogP contribution in [-0.2, 0) is 5.75 Å². The molecule has 3 heterocycles. The lowest BCUT2D eigenvalue weighted by atomic mass is 10.2. The fraction of sp³-hybridized carbons (Fsp3) is 0.118. The summed E-state index contributed by atoms with van der Waals surface area (Å²) in [4.78, 5) is 22.2. The zero-order chi connectivity index (χ0) is 16.5. The van der Waals surface area contributed by atoms with Crippen molar-refractivity contribution in [2.45, 2.75) is 17.0 Å². The molecule has 7 heteroatoms. The first-order chi connectivity index (χ1) is 11.7. The van der Waals surface area contributed by atoms with Crippen LogP contribution in [0.3, 0.4) is 0 Å². The first kappa shape index (κ1) is 15.6. The highest BCUT2D eigenvalue weighted by Gasteiger charge is 2.09. The van der Waals surface area contributed by atoms with Crippen molar-refractivity contribution in [1.29, 1.82) is 0 Å². The third-order valence-corrected chi connectivity index (χ3v) is 6.52. The Hall–Kier alpha value is -1.96. The van der Waals surface area contributed by atoms with Gasteiger partial charge in [-0.05, 0) is 6.92 Å². The summed E-state index contributed by atoms with van der Waals surface area (Å²) in [5.74, 6) is 0.643. The lowest BCUT2D eigenvalue weighted by Gasteiger charge is -2.00. The van der Waals surface area contributed by atoms with Gasteiger partial charge in [-0.3, -0.25) is 9.20 Å². The van der Waals surface area contributed by atoms with Crippen LogP contribution in [0.1, 0.15) is 11.4 Å². The highest BCUT2D eigenvalue weighted by atomic mass is 32.2. The van der Waals surface area contributed by atoms with E-state index in [1.807, 2.05) is 30.5 Å². The van der Waals surface area contributed by atoms with E-state index in [1.165, 1.54) is 11.3 Å². The van der Waals surface area contributed by atoms with Gasteiger partial charge in [-0.1, -0.05) is 42.1 Å². The fourth-order valence-electron chi connectivity index (χ4n) is 2.38. The van der Waals surface area contributed by atoms with Crippen LogP contribution in [0.15, 0.2) is 56.3 Å². The number of thiazole rings is 2. The lowest BCUT2D eigenvalue weighted by Crippen LogP contribution is -2.14. The van der Waals surface area contributed by atoms with Crippen LogP contribution in [0, 0.1) is 6.92 Å². The highest BCUT2D eigenvalue weighted by molar-refractivity contribution is 8.00. The predicted molar refractivity (Wildman–Crippen MR) is 101 cm³/mol. The summed E-state index contributed by atoms with van der Waals surface area (Å²) >= 11 is 4.73. The molecule has 1 aromatic carbocycles. The Morgan fingerprint density at radius 3 is 2.79 bits per heavy atom. The molecule has 0 saturated heterocycles. The van der Waals surface area contributed by atoms with Crippen LogP contribution in [-0.4, -0.2) is 14.4 Å². The number of hydrogen-bond donors (Lipinski definition) is 0. The molecule has 4 aromatic rings. The molecule has 0 bridgehead atoms. The van der Waals surface area contributed by atoms with Crippen molar-refractivity contribution in [2.75, 3.05) is 0 Å². The second-order valence-corrected chi connectivity index (χ2v) is 8.15. The van der Waals surface area contributed by atoms with E-state index < -0.39 is 0 Å². The molecule has 0 unspecified atom stereocenters. The van der Waals surface area contributed by atoms with Crippen LogP contribution in [0.4, 0.5) is 0 Å². The smallest absolute Gasteiger partial charge is 0.258 e. The molecule has 120 valence electrons. The van der Waals surface area contributed by atoms with Gasteiger partial charge in [0.2, 0.25) is 0 Å². The van der Waals surface area contributed by atoms with E-state index >= 15 is 0 Å². The van der Waals surface area contributed by atoms with E-state index in [9.17, 15) is 4.79 Å². The number of thioether (sulfide) groups is 1. The Balaban J connectivity index is 1.53. The lowest BCUT2D eigenvalue weighted by molar-refractivity contribution is 0.997. The highest BCUT2D eigenvalue weighted by Crippen LogP contribution is 2.29. The second kappa shape index (κ2) is 6.51. The number of aromatic nitrogens is 3. The second-order valence-electron chi connectivity index (χ2n) is 5.23. The maximum atomic E-state index is 12.2. The molecule has 4 rings (SSSR count). The van der Waals surface area contributed by atoms with Gasteiger partial charge in [-0.25, -0.2) is 9.97 Å². The van der Waals surface area contributed by atoms with Gasteiger partial charge in [0, 0.05) is 33.8 Å². The molecule has 3 aromatic heterocycles. The summed E-state index contributed by atoms with van der Waals surface area (Å²) in [6, 6.07) is 11.7. The largest absolute Gasteiger partial charge is 0.269 e. The van der Waals surface area contributed by atoms with Gasteiger partial charge in [0.25, 0.3) is 5.56 Å². The van der Waals surface area contributed by atoms with E-state index in [0.717, 1.165) is 31.9 Å². The van der Waals surface area contributed by atoms with Gasteiger partial charge in [-0.15, -0.1) is 22.7 Å². The number of aryl methyl sites for hydroxylation is 1. The fourth-order valence-corrected chi connectivity index (χ4v) is 4.99. The van der Waals surface area contributed by atoms with Crippen molar-refractivity contribution in [1.82, 2.24) is 14.4 Å². The SMILES string of the molecule is Cc1csc2nc(CSc3nc(-c4ccccc4)cs3)cc(=O)n12. The molecular weight excluding hydrogens is 358 g/mol. The van der Waals surface area contributed by atoms with Crippen molar-refractivity contribution in [3.05, 3.63) is 68.9 Å². The van der Waals surface area contributed by atoms with Crippen molar-refractivity contribution in [2.24, 2.45) is 0 Å². The number of fused-ring (bicyclic) bond motifs is 1. The molecule has 4 nitrogen and oxygen atoms in total. The normalized spacial score (nSPS) is 11.2. The Morgan fingerprint density at radius 2 is 1.96 bits per heavy atom. The molecule has 0 radical (unpaired) electrons. The van der Waals surface area contributed by atoms with E-state index in [-0.39, 0.29) is 5.56 Å². The van der Waals surface area contributed by atoms with Gasteiger partial charge in [0.15, 0.2) is 9.30 Å². The van der Waals surface area contributed by atoms with Crippen LogP contribution in [0.2, 0.25) is 0 Å². The molecule has 0 saturated carbocycles. The van der Waals surface area contributed by atoms with Gasteiger partial charge in [-0.2, -0.15) is 0 Å². The maximum absolute atomic E-state index is 12.2. The third-order valence-electron chi connectivity index (χ3n) is 3.52. The molecule has 0 fully saturated rings. The van der Waals surface area contributed by atoms with E-state index in [4.69, 9.17) is 0 Å². The molecule has 0 atom stereocenters. The van der Waals surface area contributed by atoms with Crippen LogP contribution < -0.4 is 5.56 Å². The summed E-state index contributed by atoms with van der Waals surface area (Å²) in [6.07, 6.45) is 0. The Morgan fingerprint density at radius 1 is 1.12 bits per heavy atom. The first-order valence-electron chi connectivity index (χ1n) is 7.31. The Kier molecular flexibility index (Phi) is 4.22. The number of rotatable bonds is 4. The minimum Gasteiger partial charge on any atom is -0.269 e. The van der Waals surface area contributed by atoms with Crippen molar-refractivity contribution < 1.29 is 0 Å². The van der Waals surface area contributed by atoms with Gasteiger partial charge in [0.05, 0.1) is 11.4 Å². The molecule has 24 heavy (non-hydrogen) atoms. The standard InChI is InChI=1S/C17H13N3OS3/c1-11-8-22-16-18-13(7-15(21)20(11)16)9-23-17-19-14(10-24-17)12-5-3-2-4-6-12/h2-8,10H,9H2,1H3. The molecule has 0 amide bonds.